The Morgan fingerprint density at radius 3 is 2.61 bits per heavy atom. The van der Waals surface area contributed by atoms with Crippen LogP contribution in [0.5, 0.6) is 11.5 Å². The molecule has 3 nitrogen and oxygen atoms in total. The van der Waals surface area contributed by atoms with E-state index in [0.717, 1.165) is 43.4 Å². The first-order valence-electron chi connectivity index (χ1n) is 9.34. The third-order valence-corrected chi connectivity index (χ3v) is 4.85. The minimum atomic E-state index is -0.225. The van der Waals surface area contributed by atoms with Crippen molar-refractivity contribution in [2.75, 3.05) is 6.61 Å². The van der Waals surface area contributed by atoms with E-state index in [-0.39, 0.29) is 12.0 Å². The fourth-order valence-corrected chi connectivity index (χ4v) is 3.48. The highest BCUT2D eigenvalue weighted by Crippen LogP contribution is 2.38. The second-order valence-electron chi connectivity index (χ2n) is 6.85. The monoisotopic (exact) mass is 320 g/mol. The Bertz CT molecular complexity index is 458. The van der Waals surface area contributed by atoms with Crippen LogP contribution in [0.1, 0.15) is 82.6 Å². The molecule has 0 saturated heterocycles. The van der Waals surface area contributed by atoms with Crippen molar-refractivity contribution in [1.82, 2.24) is 0 Å². The van der Waals surface area contributed by atoms with Crippen LogP contribution < -0.4 is 4.74 Å². The highest BCUT2D eigenvalue weighted by Gasteiger charge is 2.23. The summed E-state index contributed by atoms with van der Waals surface area (Å²) in [7, 11) is 0. The lowest BCUT2D eigenvalue weighted by Gasteiger charge is -2.26. The van der Waals surface area contributed by atoms with Crippen molar-refractivity contribution in [1.29, 1.82) is 0 Å². The molecule has 0 amide bonds. The van der Waals surface area contributed by atoms with Crippen molar-refractivity contribution in [3.8, 4) is 11.5 Å². The third kappa shape index (κ3) is 6.06. The highest BCUT2D eigenvalue weighted by molar-refractivity contribution is 5.42. The molecule has 1 aliphatic rings. The van der Waals surface area contributed by atoms with Crippen molar-refractivity contribution < 1.29 is 14.9 Å². The summed E-state index contributed by atoms with van der Waals surface area (Å²) in [6.07, 6.45) is 11.0. The summed E-state index contributed by atoms with van der Waals surface area (Å²) >= 11 is 0. The van der Waals surface area contributed by atoms with Crippen LogP contribution in [0, 0.1) is 0 Å². The van der Waals surface area contributed by atoms with Gasteiger partial charge in [0.15, 0.2) is 0 Å². The van der Waals surface area contributed by atoms with E-state index in [0.29, 0.717) is 12.4 Å². The van der Waals surface area contributed by atoms with Gasteiger partial charge in [-0.25, -0.2) is 0 Å². The number of aliphatic hydroxyl groups excluding tert-OH is 1. The summed E-state index contributed by atoms with van der Waals surface area (Å²) in [5, 5.41) is 20.1. The molecule has 2 N–H and O–H groups in total. The van der Waals surface area contributed by atoms with Crippen molar-refractivity contribution >= 4 is 0 Å². The van der Waals surface area contributed by atoms with Gasteiger partial charge in [0.1, 0.15) is 11.5 Å². The average molecular weight is 320 g/mol. The summed E-state index contributed by atoms with van der Waals surface area (Å²) in [4.78, 5) is 0. The molecular formula is C20H32O3. The van der Waals surface area contributed by atoms with Crippen LogP contribution in [-0.4, -0.2) is 22.9 Å². The molecule has 0 spiro atoms. The summed E-state index contributed by atoms with van der Waals surface area (Å²) in [5.41, 5.74) is 0.954. The number of ether oxygens (including phenoxy) is 1. The smallest absolute Gasteiger partial charge is 0.122 e. The predicted molar refractivity (Wildman–Crippen MR) is 94.2 cm³/mol. The van der Waals surface area contributed by atoms with Crippen molar-refractivity contribution in [2.24, 2.45) is 0 Å². The summed E-state index contributed by atoms with van der Waals surface area (Å²) < 4.78 is 5.75. The maximum absolute atomic E-state index is 10.3. The van der Waals surface area contributed by atoms with Crippen molar-refractivity contribution in [3.63, 3.8) is 0 Å². The first kappa shape index (κ1) is 18.1. The first-order chi connectivity index (χ1) is 11.2. The largest absolute Gasteiger partial charge is 0.508 e. The maximum atomic E-state index is 10.3. The van der Waals surface area contributed by atoms with Gasteiger partial charge in [-0.3, -0.25) is 0 Å². The lowest BCUT2D eigenvalue weighted by molar-refractivity contribution is 0.119. The number of benzene rings is 1. The minimum absolute atomic E-state index is 0.225. The number of hydrogen-bond acceptors (Lipinski definition) is 3. The quantitative estimate of drug-likeness (QED) is 0.619. The SMILES string of the molecule is CCCCCCCCOc1ccc(C2CCCC(O)C2)c(O)c1. The van der Waals surface area contributed by atoms with Gasteiger partial charge in [0, 0.05) is 6.07 Å². The molecular weight excluding hydrogens is 288 g/mol. The average Bonchev–Trinajstić information content (AvgIpc) is 2.54. The molecule has 2 unspecified atom stereocenters. The van der Waals surface area contributed by atoms with E-state index in [2.05, 4.69) is 6.92 Å². The van der Waals surface area contributed by atoms with Gasteiger partial charge in [-0.15, -0.1) is 0 Å². The van der Waals surface area contributed by atoms with Crippen LogP contribution in [-0.2, 0) is 0 Å². The van der Waals surface area contributed by atoms with Crippen LogP contribution in [0.3, 0.4) is 0 Å². The second kappa shape index (κ2) is 9.82. The van der Waals surface area contributed by atoms with Gasteiger partial charge in [-0.05, 0) is 43.2 Å². The van der Waals surface area contributed by atoms with E-state index in [1.807, 2.05) is 12.1 Å². The lowest BCUT2D eigenvalue weighted by Crippen LogP contribution is -2.18. The highest BCUT2D eigenvalue weighted by atomic mass is 16.5. The van der Waals surface area contributed by atoms with Gasteiger partial charge < -0.3 is 14.9 Å². The lowest BCUT2D eigenvalue weighted by atomic mass is 9.82. The van der Waals surface area contributed by atoms with E-state index in [1.165, 1.54) is 32.1 Å². The molecule has 1 aliphatic carbocycles. The van der Waals surface area contributed by atoms with Gasteiger partial charge in [-0.1, -0.05) is 51.5 Å². The Morgan fingerprint density at radius 2 is 1.87 bits per heavy atom. The Kier molecular flexibility index (Phi) is 7.73. The van der Waals surface area contributed by atoms with E-state index < -0.39 is 0 Å². The molecule has 0 aromatic heterocycles. The summed E-state index contributed by atoms with van der Waals surface area (Å²) in [5.74, 6) is 1.33. The molecule has 1 aromatic carbocycles. The molecule has 3 heteroatoms. The summed E-state index contributed by atoms with van der Waals surface area (Å²) in [6.45, 7) is 2.94. The Hall–Kier alpha value is -1.22. The number of aliphatic hydroxyl groups is 1. The maximum Gasteiger partial charge on any atom is 0.122 e. The molecule has 23 heavy (non-hydrogen) atoms. The topological polar surface area (TPSA) is 49.7 Å². The predicted octanol–water partition coefficient (Wildman–Crippen LogP) is 5.15. The zero-order valence-corrected chi connectivity index (χ0v) is 14.5. The van der Waals surface area contributed by atoms with Crippen molar-refractivity contribution in [2.45, 2.75) is 83.2 Å². The molecule has 0 bridgehead atoms. The van der Waals surface area contributed by atoms with Gasteiger partial charge in [0.25, 0.3) is 0 Å². The van der Waals surface area contributed by atoms with Gasteiger partial charge in [0.05, 0.1) is 12.7 Å². The van der Waals surface area contributed by atoms with Crippen LogP contribution in [0.25, 0.3) is 0 Å². The number of hydrogen-bond donors (Lipinski definition) is 2. The molecule has 2 atom stereocenters. The van der Waals surface area contributed by atoms with E-state index >= 15 is 0 Å². The van der Waals surface area contributed by atoms with Crippen LogP contribution in [0.4, 0.5) is 0 Å². The zero-order chi connectivity index (χ0) is 16.5. The Labute approximate surface area is 140 Å². The number of unbranched alkanes of at least 4 members (excludes halogenated alkanes) is 5. The van der Waals surface area contributed by atoms with Crippen LogP contribution in [0.15, 0.2) is 18.2 Å². The van der Waals surface area contributed by atoms with Crippen molar-refractivity contribution in [3.05, 3.63) is 23.8 Å². The van der Waals surface area contributed by atoms with Gasteiger partial charge in [-0.2, -0.15) is 0 Å². The Balaban J connectivity index is 1.75. The molecule has 0 radical (unpaired) electrons. The van der Waals surface area contributed by atoms with E-state index in [9.17, 15) is 10.2 Å². The van der Waals surface area contributed by atoms with E-state index in [1.54, 1.807) is 6.07 Å². The van der Waals surface area contributed by atoms with Crippen LogP contribution in [0.2, 0.25) is 0 Å². The molecule has 1 fully saturated rings. The van der Waals surface area contributed by atoms with Gasteiger partial charge >= 0.3 is 0 Å². The Morgan fingerprint density at radius 1 is 1.09 bits per heavy atom. The molecule has 2 rings (SSSR count). The fourth-order valence-electron chi connectivity index (χ4n) is 3.48. The summed E-state index contributed by atoms with van der Waals surface area (Å²) in [6, 6.07) is 5.65. The molecule has 130 valence electrons. The molecule has 1 aromatic rings. The molecule has 0 heterocycles. The minimum Gasteiger partial charge on any atom is -0.508 e. The number of phenols is 1. The number of phenolic OH excluding ortho intramolecular Hbond substituents is 1. The third-order valence-electron chi connectivity index (χ3n) is 4.85. The van der Waals surface area contributed by atoms with Crippen LogP contribution >= 0.6 is 0 Å². The second-order valence-corrected chi connectivity index (χ2v) is 6.85. The fraction of sp³-hybridized carbons (Fsp3) is 0.700. The first-order valence-corrected chi connectivity index (χ1v) is 9.34. The van der Waals surface area contributed by atoms with E-state index in [4.69, 9.17) is 4.74 Å². The van der Waals surface area contributed by atoms with Gasteiger partial charge in [0.2, 0.25) is 0 Å². The number of rotatable bonds is 9. The zero-order valence-electron chi connectivity index (χ0n) is 14.5. The number of aromatic hydroxyl groups is 1. The molecule has 0 aliphatic heterocycles. The standard InChI is InChI=1S/C20H32O3/c1-2-3-4-5-6-7-13-23-18-11-12-19(20(22)15-18)16-9-8-10-17(21)14-16/h11-12,15-17,21-22H,2-10,13-14H2,1H3. The normalized spacial score (nSPS) is 21.3. The molecule has 1 saturated carbocycles.